The fourth-order valence-corrected chi connectivity index (χ4v) is 2.59. The van der Waals surface area contributed by atoms with Crippen LogP contribution in [-0.4, -0.2) is 78.9 Å². The maximum atomic E-state index is 2.59. The molecular weight excluding hydrogens is 164 g/mol. The molecule has 0 aromatic rings. The molecule has 3 aliphatic heterocycles. The largest absolute Gasteiger partial charge is 0.288 e. The predicted molar refractivity (Wildman–Crippen MR) is 51.2 cm³/mol. The van der Waals surface area contributed by atoms with E-state index in [0.717, 1.165) is 0 Å². The number of fused-ring (bicyclic) bond motifs is 3. The Labute approximate surface area is 79.7 Å². The van der Waals surface area contributed by atoms with Crippen LogP contribution in [0.15, 0.2) is 0 Å². The predicted octanol–water partition coefficient (Wildman–Crippen LogP) is -0.892. The van der Waals surface area contributed by atoms with Gasteiger partial charge in [0.1, 0.15) is 0 Å². The first-order chi connectivity index (χ1) is 6.40. The summed E-state index contributed by atoms with van der Waals surface area (Å²) in [6.45, 7) is 11.2. The second-order valence-corrected chi connectivity index (χ2v) is 4.45. The average Bonchev–Trinajstić information content (AvgIpc) is 2.51. The Morgan fingerprint density at radius 2 is 0.692 bits per heavy atom. The van der Waals surface area contributed by atoms with Crippen molar-refractivity contribution in [1.82, 2.24) is 19.6 Å². The highest BCUT2D eigenvalue weighted by Crippen LogP contribution is 2.13. The highest BCUT2D eigenvalue weighted by Gasteiger charge is 2.28. The first-order valence-electron chi connectivity index (χ1n) is 5.29. The molecule has 74 valence electrons. The van der Waals surface area contributed by atoms with Crippen molar-refractivity contribution in [1.29, 1.82) is 0 Å². The highest BCUT2D eigenvalue weighted by molar-refractivity contribution is 4.79. The van der Waals surface area contributed by atoms with Crippen molar-refractivity contribution < 1.29 is 0 Å². The Balaban J connectivity index is 1.87. The van der Waals surface area contributed by atoms with Gasteiger partial charge in [-0.1, -0.05) is 0 Å². The molecule has 0 unspecified atom stereocenters. The fraction of sp³-hybridized carbons (Fsp3) is 1.00. The van der Waals surface area contributed by atoms with Crippen LogP contribution in [0.25, 0.3) is 0 Å². The molecule has 4 bridgehead atoms. The fourth-order valence-electron chi connectivity index (χ4n) is 2.59. The van der Waals surface area contributed by atoms with Crippen molar-refractivity contribution in [2.45, 2.75) is 0 Å². The van der Waals surface area contributed by atoms with Gasteiger partial charge in [0, 0.05) is 39.3 Å². The van der Waals surface area contributed by atoms with Gasteiger partial charge in [-0.3, -0.25) is 19.6 Å². The molecule has 0 atom stereocenters. The third-order valence-electron chi connectivity index (χ3n) is 3.40. The van der Waals surface area contributed by atoms with Crippen LogP contribution in [0.4, 0.5) is 0 Å². The van der Waals surface area contributed by atoms with E-state index >= 15 is 0 Å². The van der Waals surface area contributed by atoms with Crippen molar-refractivity contribution in [3.8, 4) is 0 Å². The van der Waals surface area contributed by atoms with Crippen molar-refractivity contribution >= 4 is 0 Å². The van der Waals surface area contributed by atoms with Crippen molar-refractivity contribution in [3.05, 3.63) is 0 Å². The van der Waals surface area contributed by atoms with E-state index in [2.05, 4.69) is 19.6 Å². The Kier molecular flexibility index (Phi) is 2.01. The highest BCUT2D eigenvalue weighted by atomic mass is 15.5. The van der Waals surface area contributed by atoms with Gasteiger partial charge < -0.3 is 0 Å². The van der Waals surface area contributed by atoms with Gasteiger partial charge in [0.05, 0.1) is 20.0 Å². The second-order valence-electron chi connectivity index (χ2n) is 4.45. The Bertz CT molecular complexity index is 151. The lowest BCUT2D eigenvalue weighted by Gasteiger charge is -2.23. The van der Waals surface area contributed by atoms with Gasteiger partial charge >= 0.3 is 0 Å². The zero-order valence-electron chi connectivity index (χ0n) is 8.15. The van der Waals surface area contributed by atoms with E-state index in [4.69, 9.17) is 0 Å². The molecule has 4 nitrogen and oxygen atoms in total. The molecule has 0 amide bonds. The molecule has 0 N–H and O–H groups in total. The molecular formula is C9H18N4. The number of nitrogens with zero attached hydrogens (tertiary/aromatic N) is 4. The summed E-state index contributed by atoms with van der Waals surface area (Å²) < 4.78 is 0. The van der Waals surface area contributed by atoms with E-state index in [1.54, 1.807) is 0 Å². The van der Waals surface area contributed by atoms with Crippen LogP contribution in [0.5, 0.6) is 0 Å². The van der Waals surface area contributed by atoms with Gasteiger partial charge in [0.25, 0.3) is 0 Å². The minimum absolute atomic E-state index is 1.19. The molecule has 13 heavy (non-hydrogen) atoms. The zero-order valence-corrected chi connectivity index (χ0v) is 8.15. The summed E-state index contributed by atoms with van der Waals surface area (Å²) in [7, 11) is 0. The first-order valence-corrected chi connectivity index (χ1v) is 5.29. The minimum Gasteiger partial charge on any atom is -0.288 e. The molecule has 0 saturated carbocycles. The molecule has 0 aromatic carbocycles. The van der Waals surface area contributed by atoms with Crippen molar-refractivity contribution in [2.24, 2.45) is 0 Å². The van der Waals surface area contributed by atoms with Crippen LogP contribution in [0, 0.1) is 0 Å². The van der Waals surface area contributed by atoms with E-state index in [0.29, 0.717) is 0 Å². The Morgan fingerprint density at radius 1 is 0.385 bits per heavy atom. The monoisotopic (exact) mass is 182 g/mol. The van der Waals surface area contributed by atoms with Crippen LogP contribution in [0.3, 0.4) is 0 Å². The number of hydrogen-bond acceptors (Lipinski definition) is 4. The van der Waals surface area contributed by atoms with Gasteiger partial charge in [0.15, 0.2) is 0 Å². The minimum atomic E-state index is 1.19. The molecule has 0 aliphatic carbocycles. The van der Waals surface area contributed by atoms with E-state index in [-0.39, 0.29) is 0 Å². The quantitative estimate of drug-likeness (QED) is 0.482. The third kappa shape index (κ3) is 1.59. The van der Waals surface area contributed by atoms with Gasteiger partial charge in [-0.05, 0) is 0 Å². The standard InChI is InChI=1S/C9H18N4/c1-2-11-5-6-12-4-3-10(1)7-13(8-11)9-12/h1-9H2. The molecule has 0 spiro atoms. The van der Waals surface area contributed by atoms with Crippen molar-refractivity contribution in [2.75, 3.05) is 59.3 Å². The average molecular weight is 182 g/mol. The topological polar surface area (TPSA) is 13.0 Å². The van der Waals surface area contributed by atoms with Gasteiger partial charge in [-0.15, -0.1) is 0 Å². The van der Waals surface area contributed by atoms with E-state index in [1.807, 2.05) is 0 Å². The third-order valence-corrected chi connectivity index (χ3v) is 3.40. The van der Waals surface area contributed by atoms with Gasteiger partial charge in [-0.2, -0.15) is 0 Å². The number of rotatable bonds is 0. The molecule has 3 heterocycles. The van der Waals surface area contributed by atoms with Crippen LogP contribution in [-0.2, 0) is 0 Å². The van der Waals surface area contributed by atoms with Gasteiger partial charge in [-0.25, -0.2) is 0 Å². The van der Waals surface area contributed by atoms with Gasteiger partial charge in [0.2, 0.25) is 0 Å². The lowest BCUT2D eigenvalue weighted by molar-refractivity contribution is 0.132. The first kappa shape index (κ1) is 8.17. The SMILES string of the molecule is C1CN2CCN3CCN1CN(C2)C3. The van der Waals surface area contributed by atoms with Crippen LogP contribution in [0.2, 0.25) is 0 Å². The second kappa shape index (κ2) is 3.20. The van der Waals surface area contributed by atoms with E-state index in [1.165, 1.54) is 59.3 Å². The molecule has 4 heteroatoms. The lowest BCUT2D eigenvalue weighted by atomic mass is 10.5. The number of hydrogen-bond donors (Lipinski definition) is 0. The van der Waals surface area contributed by atoms with Crippen LogP contribution >= 0.6 is 0 Å². The maximum absolute atomic E-state index is 2.59. The summed E-state index contributed by atoms with van der Waals surface area (Å²) in [6, 6.07) is 0. The summed E-state index contributed by atoms with van der Waals surface area (Å²) in [5, 5.41) is 0. The molecule has 0 aromatic heterocycles. The van der Waals surface area contributed by atoms with Crippen LogP contribution in [0.1, 0.15) is 0 Å². The Morgan fingerprint density at radius 3 is 1.00 bits per heavy atom. The molecule has 3 saturated heterocycles. The summed E-state index contributed by atoms with van der Waals surface area (Å²) in [5.41, 5.74) is 0. The normalized spacial score (nSPS) is 49.8. The van der Waals surface area contributed by atoms with Crippen LogP contribution < -0.4 is 0 Å². The molecule has 0 radical (unpaired) electrons. The summed E-state index contributed by atoms with van der Waals surface area (Å²) >= 11 is 0. The Hall–Kier alpha value is -0.160. The molecule has 3 rings (SSSR count). The lowest BCUT2D eigenvalue weighted by Crippen LogP contribution is -2.37. The summed E-state index contributed by atoms with van der Waals surface area (Å²) in [4.78, 5) is 10.3. The zero-order chi connectivity index (χ0) is 8.67. The molecule has 3 fully saturated rings. The van der Waals surface area contributed by atoms with E-state index in [9.17, 15) is 0 Å². The smallest absolute Gasteiger partial charge is 0.0531 e. The van der Waals surface area contributed by atoms with Crippen molar-refractivity contribution in [3.63, 3.8) is 0 Å². The summed E-state index contributed by atoms with van der Waals surface area (Å²) in [5.74, 6) is 0. The molecule has 3 aliphatic rings. The van der Waals surface area contributed by atoms with E-state index < -0.39 is 0 Å². The maximum Gasteiger partial charge on any atom is 0.0531 e. The summed E-state index contributed by atoms with van der Waals surface area (Å²) in [6.07, 6.45) is 0.